The van der Waals surface area contributed by atoms with Crippen molar-refractivity contribution in [2.24, 2.45) is 0 Å². The Labute approximate surface area is 116 Å². The van der Waals surface area contributed by atoms with Crippen molar-refractivity contribution in [1.29, 1.82) is 0 Å². The van der Waals surface area contributed by atoms with E-state index in [0.29, 0.717) is 26.1 Å². The van der Waals surface area contributed by atoms with Crippen molar-refractivity contribution in [2.75, 3.05) is 29.9 Å². The van der Waals surface area contributed by atoms with Crippen molar-refractivity contribution in [1.82, 2.24) is 10.3 Å². The third-order valence-electron chi connectivity index (χ3n) is 3.24. The van der Waals surface area contributed by atoms with E-state index >= 15 is 0 Å². The van der Waals surface area contributed by atoms with Gasteiger partial charge in [0, 0.05) is 25.7 Å². The predicted octanol–water partition coefficient (Wildman–Crippen LogP) is 1.51. The van der Waals surface area contributed by atoms with Gasteiger partial charge in [0.15, 0.2) is 23.3 Å². The number of carbonyl (C=O) groups is 1. The van der Waals surface area contributed by atoms with Crippen LogP contribution in [0.2, 0.25) is 0 Å². The van der Waals surface area contributed by atoms with Gasteiger partial charge in [0.25, 0.3) is 0 Å². The summed E-state index contributed by atoms with van der Waals surface area (Å²) < 4.78 is 27.6. The Bertz CT molecular complexity index is 509. The number of aromatic nitrogens is 1. The zero-order valence-corrected chi connectivity index (χ0v) is 11.5. The molecular formula is C13H18F2N4O. The molecule has 0 spiro atoms. The summed E-state index contributed by atoms with van der Waals surface area (Å²) in [4.78, 5) is 17.4. The molecule has 2 rings (SSSR count). The van der Waals surface area contributed by atoms with Crippen LogP contribution in [0.4, 0.5) is 20.4 Å². The number of nitrogens with zero attached hydrogens (tertiary/aromatic N) is 2. The van der Waals surface area contributed by atoms with E-state index in [9.17, 15) is 13.6 Å². The molecule has 1 unspecified atom stereocenters. The molecule has 1 aliphatic heterocycles. The first kappa shape index (κ1) is 14.5. The standard InChI is InChI=1S/C13H18F2N4O/c1-3-10-13(20)17-5-6-19(10)12-9(15)7-8(14)11(18-12)16-4-2/h7,10H,3-6H2,1-2H3,(H,16,18)(H,17,20). The van der Waals surface area contributed by atoms with E-state index in [2.05, 4.69) is 15.6 Å². The molecule has 20 heavy (non-hydrogen) atoms. The Morgan fingerprint density at radius 2 is 2.20 bits per heavy atom. The molecule has 1 fully saturated rings. The van der Waals surface area contributed by atoms with Crippen molar-refractivity contribution in [3.63, 3.8) is 0 Å². The number of piperazine rings is 1. The van der Waals surface area contributed by atoms with Gasteiger partial charge in [0.2, 0.25) is 5.91 Å². The van der Waals surface area contributed by atoms with Crippen molar-refractivity contribution >= 4 is 17.5 Å². The molecule has 110 valence electrons. The fraction of sp³-hybridized carbons (Fsp3) is 0.538. The molecule has 0 saturated carbocycles. The molecule has 1 amide bonds. The molecule has 1 atom stereocenters. The van der Waals surface area contributed by atoms with E-state index in [-0.39, 0.29) is 17.5 Å². The number of pyridine rings is 1. The summed E-state index contributed by atoms with van der Waals surface area (Å²) in [7, 11) is 0. The molecule has 1 aliphatic rings. The van der Waals surface area contributed by atoms with E-state index in [1.807, 2.05) is 6.92 Å². The Hall–Kier alpha value is -1.92. The molecule has 2 N–H and O–H groups in total. The van der Waals surface area contributed by atoms with E-state index in [0.717, 1.165) is 6.07 Å². The number of nitrogens with one attached hydrogen (secondary N) is 2. The number of rotatable bonds is 4. The Balaban J connectivity index is 2.39. The average Bonchev–Trinajstić information content (AvgIpc) is 2.42. The number of anilines is 2. The minimum Gasteiger partial charge on any atom is -0.368 e. The maximum Gasteiger partial charge on any atom is 0.242 e. The molecular weight excluding hydrogens is 266 g/mol. The predicted molar refractivity (Wildman–Crippen MR) is 72.8 cm³/mol. The summed E-state index contributed by atoms with van der Waals surface area (Å²) in [5.41, 5.74) is 0. The average molecular weight is 284 g/mol. The number of amides is 1. The molecule has 5 nitrogen and oxygen atoms in total. The molecule has 0 aliphatic carbocycles. The first-order chi connectivity index (χ1) is 9.58. The highest BCUT2D eigenvalue weighted by molar-refractivity contribution is 5.86. The highest BCUT2D eigenvalue weighted by atomic mass is 19.1. The fourth-order valence-corrected chi connectivity index (χ4v) is 2.32. The van der Waals surface area contributed by atoms with Crippen LogP contribution >= 0.6 is 0 Å². The van der Waals surface area contributed by atoms with Gasteiger partial charge in [-0.05, 0) is 13.3 Å². The summed E-state index contributed by atoms with van der Waals surface area (Å²) >= 11 is 0. The Kier molecular flexibility index (Phi) is 4.36. The van der Waals surface area contributed by atoms with Crippen LogP contribution in [-0.4, -0.2) is 36.6 Å². The molecule has 0 bridgehead atoms. The number of carbonyl (C=O) groups excluding carboxylic acids is 1. The van der Waals surface area contributed by atoms with Gasteiger partial charge in [-0.2, -0.15) is 0 Å². The van der Waals surface area contributed by atoms with E-state index in [1.54, 1.807) is 11.8 Å². The molecule has 0 radical (unpaired) electrons. The molecule has 1 saturated heterocycles. The van der Waals surface area contributed by atoms with Gasteiger partial charge >= 0.3 is 0 Å². The topological polar surface area (TPSA) is 57.3 Å². The second kappa shape index (κ2) is 6.02. The lowest BCUT2D eigenvalue weighted by molar-refractivity contribution is -0.123. The first-order valence-electron chi connectivity index (χ1n) is 6.72. The summed E-state index contributed by atoms with van der Waals surface area (Å²) in [5, 5.41) is 5.48. The molecule has 1 aromatic heterocycles. The number of hydrogen-bond acceptors (Lipinski definition) is 4. The lowest BCUT2D eigenvalue weighted by atomic mass is 10.1. The highest BCUT2D eigenvalue weighted by Gasteiger charge is 2.31. The molecule has 2 heterocycles. The van der Waals surface area contributed by atoms with Crippen LogP contribution in [0.1, 0.15) is 20.3 Å². The zero-order valence-electron chi connectivity index (χ0n) is 11.5. The van der Waals surface area contributed by atoms with Crippen LogP contribution in [0, 0.1) is 11.6 Å². The largest absolute Gasteiger partial charge is 0.368 e. The van der Waals surface area contributed by atoms with E-state index in [1.165, 1.54) is 0 Å². The van der Waals surface area contributed by atoms with E-state index in [4.69, 9.17) is 0 Å². The van der Waals surface area contributed by atoms with Gasteiger partial charge in [0.05, 0.1) is 0 Å². The molecule has 7 heteroatoms. The van der Waals surface area contributed by atoms with Crippen molar-refractivity contribution < 1.29 is 13.6 Å². The van der Waals surface area contributed by atoms with Crippen LogP contribution in [0.15, 0.2) is 6.07 Å². The smallest absolute Gasteiger partial charge is 0.242 e. The van der Waals surface area contributed by atoms with Crippen LogP contribution in [0.5, 0.6) is 0 Å². The summed E-state index contributed by atoms with van der Waals surface area (Å²) in [5.74, 6) is -1.62. The highest BCUT2D eigenvalue weighted by Crippen LogP contribution is 2.25. The zero-order chi connectivity index (χ0) is 14.7. The normalized spacial score (nSPS) is 18.9. The van der Waals surface area contributed by atoms with Gasteiger partial charge in [-0.1, -0.05) is 6.92 Å². The van der Waals surface area contributed by atoms with Gasteiger partial charge < -0.3 is 15.5 Å². The minimum absolute atomic E-state index is 0.00438. The van der Waals surface area contributed by atoms with Crippen molar-refractivity contribution in [2.45, 2.75) is 26.3 Å². The minimum atomic E-state index is -0.752. The quantitative estimate of drug-likeness (QED) is 0.880. The van der Waals surface area contributed by atoms with E-state index < -0.39 is 17.7 Å². The maximum atomic E-state index is 14.0. The monoisotopic (exact) mass is 284 g/mol. The second-order valence-electron chi connectivity index (χ2n) is 4.56. The third kappa shape index (κ3) is 2.66. The molecule has 1 aromatic rings. The second-order valence-corrected chi connectivity index (χ2v) is 4.56. The first-order valence-corrected chi connectivity index (χ1v) is 6.72. The van der Waals surface area contributed by atoms with Crippen LogP contribution in [0.3, 0.4) is 0 Å². The van der Waals surface area contributed by atoms with Crippen LogP contribution in [0.25, 0.3) is 0 Å². The van der Waals surface area contributed by atoms with Gasteiger partial charge in [-0.25, -0.2) is 13.8 Å². The third-order valence-corrected chi connectivity index (χ3v) is 3.24. The fourth-order valence-electron chi connectivity index (χ4n) is 2.32. The van der Waals surface area contributed by atoms with Gasteiger partial charge in [-0.15, -0.1) is 0 Å². The van der Waals surface area contributed by atoms with Gasteiger partial charge in [0.1, 0.15) is 6.04 Å². The lowest BCUT2D eigenvalue weighted by Gasteiger charge is -2.35. The number of halogens is 2. The van der Waals surface area contributed by atoms with Crippen LogP contribution < -0.4 is 15.5 Å². The van der Waals surface area contributed by atoms with Crippen molar-refractivity contribution in [3.8, 4) is 0 Å². The Morgan fingerprint density at radius 3 is 2.85 bits per heavy atom. The molecule has 0 aromatic carbocycles. The maximum absolute atomic E-state index is 14.0. The summed E-state index contributed by atoms with van der Waals surface area (Å²) in [6, 6.07) is 0.324. The lowest BCUT2D eigenvalue weighted by Crippen LogP contribution is -2.55. The number of hydrogen-bond donors (Lipinski definition) is 2. The van der Waals surface area contributed by atoms with Crippen LogP contribution in [-0.2, 0) is 4.79 Å². The SMILES string of the molecule is CCNc1nc(N2CCNC(=O)C2CC)c(F)cc1F. The van der Waals surface area contributed by atoms with Gasteiger partial charge in [-0.3, -0.25) is 4.79 Å². The summed E-state index contributed by atoms with van der Waals surface area (Å²) in [6.07, 6.45) is 0.529. The van der Waals surface area contributed by atoms with Crippen molar-refractivity contribution in [3.05, 3.63) is 17.7 Å². The Morgan fingerprint density at radius 1 is 1.45 bits per heavy atom. The summed E-state index contributed by atoms with van der Waals surface area (Å²) in [6.45, 7) is 4.99.